The van der Waals surface area contributed by atoms with Crippen molar-refractivity contribution in [2.75, 3.05) is 10.8 Å². The smallest absolute Gasteiger partial charge is 0.264 e. The molecule has 0 saturated heterocycles. The van der Waals surface area contributed by atoms with E-state index in [-0.39, 0.29) is 22.7 Å². The van der Waals surface area contributed by atoms with Gasteiger partial charge in [0.15, 0.2) is 0 Å². The van der Waals surface area contributed by atoms with Gasteiger partial charge in [-0.3, -0.25) is 29.5 Å². The lowest BCUT2D eigenvalue weighted by Gasteiger charge is -2.19. The van der Waals surface area contributed by atoms with Crippen LogP contribution in [-0.2, 0) is 10.0 Å². The number of anilines is 1. The average molecular weight is 452 g/mol. The van der Waals surface area contributed by atoms with Gasteiger partial charge in [0.25, 0.3) is 21.4 Å². The summed E-state index contributed by atoms with van der Waals surface area (Å²) in [5.74, 6) is 0. The van der Waals surface area contributed by atoms with Gasteiger partial charge in [-0.2, -0.15) is 0 Å². The molecule has 2 aromatic carbocycles. The Morgan fingerprint density at radius 3 is 2.38 bits per heavy atom. The highest BCUT2D eigenvalue weighted by Crippen LogP contribution is 2.46. The maximum atomic E-state index is 13.4. The van der Waals surface area contributed by atoms with Gasteiger partial charge in [0.05, 0.1) is 38.6 Å². The van der Waals surface area contributed by atoms with Crippen molar-refractivity contribution in [3.8, 4) is 0 Å². The number of nitrogens with zero attached hydrogens (tertiary/aromatic N) is 4. The van der Waals surface area contributed by atoms with Gasteiger partial charge in [-0.1, -0.05) is 23.8 Å². The number of non-ortho nitro benzene ring substituents is 1. The van der Waals surface area contributed by atoms with Gasteiger partial charge < -0.3 is 0 Å². The summed E-state index contributed by atoms with van der Waals surface area (Å²) in [6, 6.07) is 11.4. The molecule has 0 saturated carbocycles. The van der Waals surface area contributed by atoms with Crippen molar-refractivity contribution in [1.82, 2.24) is 4.98 Å². The molecule has 0 atom stereocenters. The van der Waals surface area contributed by atoms with Crippen LogP contribution in [0.15, 0.2) is 65.8 Å². The highest BCUT2D eigenvalue weighted by molar-refractivity contribution is 7.92. The van der Waals surface area contributed by atoms with Crippen LogP contribution in [0.5, 0.6) is 0 Å². The van der Waals surface area contributed by atoms with Crippen LogP contribution in [0.1, 0.15) is 16.7 Å². The molecule has 1 aromatic heterocycles. The number of rotatable bonds is 5. The molecule has 0 fully saturated rings. The fourth-order valence-corrected chi connectivity index (χ4v) is 4.97. The molecule has 0 N–H and O–H groups in total. The van der Waals surface area contributed by atoms with E-state index in [0.717, 1.165) is 22.0 Å². The van der Waals surface area contributed by atoms with Gasteiger partial charge in [-0.05, 0) is 42.3 Å². The van der Waals surface area contributed by atoms with Crippen molar-refractivity contribution in [3.05, 3.63) is 97.8 Å². The first-order valence-corrected chi connectivity index (χ1v) is 10.8. The summed E-state index contributed by atoms with van der Waals surface area (Å²) < 4.78 is 27.8. The van der Waals surface area contributed by atoms with E-state index in [1.165, 1.54) is 18.3 Å². The molecule has 0 spiro atoms. The van der Waals surface area contributed by atoms with Crippen LogP contribution in [0.3, 0.4) is 0 Å². The van der Waals surface area contributed by atoms with E-state index in [1.54, 1.807) is 36.5 Å². The molecule has 1 aliphatic heterocycles. The van der Waals surface area contributed by atoms with E-state index in [1.807, 2.05) is 6.92 Å². The fourth-order valence-electron chi connectivity index (χ4n) is 3.52. The highest BCUT2D eigenvalue weighted by atomic mass is 32.2. The Morgan fingerprint density at radius 1 is 1.06 bits per heavy atom. The molecule has 2 heterocycles. The molecule has 1 aliphatic rings. The number of pyridine rings is 1. The quantitative estimate of drug-likeness (QED) is 0.422. The van der Waals surface area contributed by atoms with Gasteiger partial charge >= 0.3 is 0 Å². The molecule has 0 unspecified atom stereocenters. The predicted molar refractivity (Wildman–Crippen MR) is 118 cm³/mol. The Labute approximate surface area is 182 Å². The lowest BCUT2D eigenvalue weighted by Crippen LogP contribution is -2.29. The second-order valence-electron chi connectivity index (χ2n) is 7.15. The molecule has 0 amide bonds. The third-order valence-electron chi connectivity index (χ3n) is 5.03. The summed E-state index contributed by atoms with van der Waals surface area (Å²) in [6.07, 6.45) is 4.68. The van der Waals surface area contributed by atoms with E-state index < -0.39 is 31.2 Å². The van der Waals surface area contributed by atoms with E-state index >= 15 is 0 Å². The van der Waals surface area contributed by atoms with E-state index in [4.69, 9.17) is 0 Å². The standard InChI is InChI=1S/C21H16N4O6S/c1-14-4-6-18(7-5-14)32(30,31)23-13-16(9-15-3-2-8-22-12-15)21-19(23)10-17(24(26)27)11-20(21)25(28)29/h2-12H,13H2,1H3. The largest absolute Gasteiger partial charge is 0.285 e. The van der Waals surface area contributed by atoms with E-state index in [2.05, 4.69) is 4.98 Å². The van der Waals surface area contributed by atoms with Crippen molar-refractivity contribution in [1.29, 1.82) is 0 Å². The molecule has 162 valence electrons. The summed E-state index contributed by atoms with van der Waals surface area (Å²) in [5, 5.41) is 23.2. The molecular formula is C21H16N4O6S. The number of sulfonamides is 1. The number of nitro groups is 2. The third-order valence-corrected chi connectivity index (χ3v) is 6.80. The summed E-state index contributed by atoms with van der Waals surface area (Å²) in [6.45, 7) is 1.59. The van der Waals surface area contributed by atoms with Crippen LogP contribution in [0.2, 0.25) is 0 Å². The van der Waals surface area contributed by atoms with Crippen LogP contribution in [0, 0.1) is 27.2 Å². The summed E-state index contributed by atoms with van der Waals surface area (Å²) in [5.41, 5.74) is 0.616. The number of fused-ring (bicyclic) bond motifs is 1. The Hall–Kier alpha value is -4.12. The van der Waals surface area contributed by atoms with Gasteiger partial charge in [0.1, 0.15) is 0 Å². The molecular weight excluding hydrogens is 436 g/mol. The molecule has 0 aliphatic carbocycles. The molecule has 0 radical (unpaired) electrons. The van der Waals surface area contributed by atoms with Crippen molar-refractivity contribution in [3.63, 3.8) is 0 Å². The van der Waals surface area contributed by atoms with Gasteiger partial charge in [0, 0.05) is 18.5 Å². The van der Waals surface area contributed by atoms with Crippen molar-refractivity contribution in [2.45, 2.75) is 11.8 Å². The SMILES string of the molecule is Cc1ccc(S(=O)(=O)N2CC(=Cc3cccnc3)c3c2cc([N+](=O)[O-])cc3[N+](=O)[O-])cc1. The zero-order valence-corrected chi connectivity index (χ0v) is 17.5. The average Bonchev–Trinajstić information content (AvgIpc) is 3.13. The molecule has 3 aromatic rings. The zero-order valence-electron chi connectivity index (χ0n) is 16.7. The maximum Gasteiger partial charge on any atom is 0.285 e. The summed E-state index contributed by atoms with van der Waals surface area (Å²) >= 11 is 0. The van der Waals surface area contributed by atoms with E-state index in [9.17, 15) is 28.6 Å². The number of hydrogen-bond donors (Lipinski definition) is 0. The van der Waals surface area contributed by atoms with Crippen LogP contribution in [-0.4, -0.2) is 29.8 Å². The lowest BCUT2D eigenvalue weighted by molar-refractivity contribution is -0.394. The van der Waals surface area contributed by atoms with Crippen LogP contribution >= 0.6 is 0 Å². The molecule has 4 rings (SSSR count). The van der Waals surface area contributed by atoms with Crippen molar-refractivity contribution >= 4 is 38.7 Å². The number of aromatic nitrogens is 1. The second kappa shape index (κ2) is 7.85. The monoisotopic (exact) mass is 452 g/mol. The van der Waals surface area contributed by atoms with E-state index in [0.29, 0.717) is 11.1 Å². The Morgan fingerprint density at radius 2 is 1.78 bits per heavy atom. The Kier molecular flexibility index (Phi) is 5.18. The molecule has 32 heavy (non-hydrogen) atoms. The number of benzene rings is 2. The third kappa shape index (κ3) is 3.69. The fraction of sp³-hybridized carbons (Fsp3) is 0.0952. The maximum absolute atomic E-state index is 13.4. The molecule has 0 bridgehead atoms. The van der Waals surface area contributed by atoms with Crippen molar-refractivity contribution < 1.29 is 18.3 Å². The molecule has 10 nitrogen and oxygen atoms in total. The number of hydrogen-bond acceptors (Lipinski definition) is 7. The first-order chi connectivity index (χ1) is 15.2. The first kappa shape index (κ1) is 21.1. The number of aryl methyl sites for hydroxylation is 1. The highest BCUT2D eigenvalue weighted by Gasteiger charge is 2.40. The second-order valence-corrected chi connectivity index (χ2v) is 9.02. The molecule has 11 heteroatoms. The first-order valence-electron chi connectivity index (χ1n) is 9.35. The minimum Gasteiger partial charge on any atom is -0.264 e. The summed E-state index contributed by atoms with van der Waals surface area (Å²) in [4.78, 5) is 25.6. The van der Waals surface area contributed by atoms with Crippen LogP contribution in [0.4, 0.5) is 17.1 Å². The van der Waals surface area contributed by atoms with Crippen molar-refractivity contribution in [2.24, 2.45) is 0 Å². The normalized spacial score (nSPS) is 14.4. The minimum atomic E-state index is -4.15. The lowest BCUT2D eigenvalue weighted by atomic mass is 10.0. The summed E-state index contributed by atoms with van der Waals surface area (Å²) in [7, 11) is -4.15. The number of nitro benzene ring substituents is 2. The minimum absolute atomic E-state index is 0.0224. The van der Waals surface area contributed by atoms with Gasteiger partial charge in [-0.25, -0.2) is 8.42 Å². The van der Waals surface area contributed by atoms with Crippen LogP contribution in [0.25, 0.3) is 11.6 Å². The van der Waals surface area contributed by atoms with Gasteiger partial charge in [-0.15, -0.1) is 0 Å². The van der Waals surface area contributed by atoms with Crippen LogP contribution < -0.4 is 4.31 Å². The Balaban J connectivity index is 1.98. The zero-order chi connectivity index (χ0) is 23.0. The Bertz CT molecular complexity index is 1370. The predicted octanol–water partition coefficient (Wildman–Crippen LogP) is 3.96. The topological polar surface area (TPSA) is 137 Å². The van der Waals surface area contributed by atoms with Gasteiger partial charge in [0.2, 0.25) is 0 Å².